The molecule has 1 saturated carbocycles. The lowest BCUT2D eigenvalue weighted by molar-refractivity contribution is 0.144. The summed E-state index contributed by atoms with van der Waals surface area (Å²) in [4.78, 5) is 10.6. The first-order valence-electron chi connectivity index (χ1n) is 12.8. The van der Waals surface area contributed by atoms with Gasteiger partial charge in [0.05, 0.1) is 10.6 Å². The summed E-state index contributed by atoms with van der Waals surface area (Å²) in [5.41, 5.74) is 0. The quantitative estimate of drug-likeness (QED) is 0.254. The van der Waals surface area contributed by atoms with Crippen molar-refractivity contribution in [2.24, 2.45) is 17.8 Å². The van der Waals surface area contributed by atoms with Gasteiger partial charge in [-0.3, -0.25) is 0 Å². The van der Waals surface area contributed by atoms with Crippen LogP contribution in [0.5, 0.6) is 11.5 Å². The molecule has 3 rings (SSSR count). The van der Waals surface area contributed by atoms with Gasteiger partial charge in [-0.15, -0.1) is 0 Å². The van der Waals surface area contributed by atoms with E-state index in [1.165, 1.54) is 25.7 Å². The fourth-order valence-electron chi connectivity index (χ4n) is 3.64. The van der Waals surface area contributed by atoms with E-state index in [0.29, 0.717) is 17.4 Å². The predicted octanol–water partition coefficient (Wildman–Crippen LogP) is 8.48. The van der Waals surface area contributed by atoms with Crippen molar-refractivity contribution < 1.29 is 24.5 Å². The Kier molecular flexibility index (Phi) is 18.5. The second-order valence-electron chi connectivity index (χ2n) is 8.43. The monoisotopic (exact) mass is 486 g/mol. The topological polar surface area (TPSA) is 76.0 Å². The SMILES string of the molecule is CC.CC.CC.CC(C)(O)P1COc2cccc(OC(=O)O)c21.CC1CCC(C(C)C)CC1. The lowest BCUT2D eigenvalue weighted by atomic mass is 9.78. The Balaban J connectivity index is 0. The lowest BCUT2D eigenvalue weighted by Gasteiger charge is -2.28. The molecule has 1 aliphatic heterocycles. The molecule has 2 N–H and O–H groups in total. The molecule has 1 heterocycles. The van der Waals surface area contributed by atoms with Crippen LogP contribution < -0.4 is 14.8 Å². The van der Waals surface area contributed by atoms with Crippen molar-refractivity contribution >= 4 is 19.4 Å². The van der Waals surface area contributed by atoms with E-state index in [1.807, 2.05) is 41.5 Å². The standard InChI is InChI=1S/C11H13O5P.C10H20.3C2H6/c1-11(2,14)17-6-15-7-4-3-5-8(9(7)17)16-10(12)13;1-8(2)10-6-4-9(3)5-7-10;3*1-2/h3-5,14H,6H2,1-2H3,(H,12,13);8-10H,4-7H2,1-3H3;3*1-2H3. The van der Waals surface area contributed by atoms with Crippen LogP contribution in [-0.2, 0) is 0 Å². The van der Waals surface area contributed by atoms with E-state index >= 15 is 0 Å². The number of hydrogen-bond acceptors (Lipinski definition) is 4. The van der Waals surface area contributed by atoms with Gasteiger partial charge in [0.2, 0.25) is 0 Å². The maximum atomic E-state index is 10.6. The molecule has 0 radical (unpaired) electrons. The average Bonchev–Trinajstić information content (AvgIpc) is 3.24. The second kappa shape index (κ2) is 18.1. The van der Waals surface area contributed by atoms with Crippen LogP contribution in [0, 0.1) is 17.8 Å². The number of fused-ring (bicyclic) bond motifs is 1. The van der Waals surface area contributed by atoms with Crippen molar-refractivity contribution in [3.05, 3.63) is 18.2 Å². The van der Waals surface area contributed by atoms with Crippen molar-refractivity contribution in [2.75, 3.05) is 6.35 Å². The highest BCUT2D eigenvalue weighted by Gasteiger charge is 2.38. The zero-order valence-electron chi connectivity index (χ0n) is 23.1. The Morgan fingerprint density at radius 2 is 1.58 bits per heavy atom. The molecule has 194 valence electrons. The van der Waals surface area contributed by atoms with Crippen molar-refractivity contribution in [3.8, 4) is 11.5 Å². The molecule has 0 bridgehead atoms. The number of aliphatic hydroxyl groups is 1. The van der Waals surface area contributed by atoms with Gasteiger partial charge in [-0.2, -0.15) is 0 Å². The van der Waals surface area contributed by atoms with Gasteiger partial charge >= 0.3 is 6.16 Å². The summed E-state index contributed by atoms with van der Waals surface area (Å²) >= 11 is 0. The molecule has 33 heavy (non-hydrogen) atoms. The maximum Gasteiger partial charge on any atom is 0.511 e. The van der Waals surface area contributed by atoms with Crippen LogP contribution in [-0.4, -0.2) is 28.1 Å². The van der Waals surface area contributed by atoms with E-state index in [1.54, 1.807) is 32.0 Å². The number of benzene rings is 1. The van der Waals surface area contributed by atoms with Crippen molar-refractivity contribution in [2.45, 2.75) is 107 Å². The molecule has 1 atom stereocenters. The van der Waals surface area contributed by atoms with Gasteiger partial charge in [0, 0.05) is 7.92 Å². The molecule has 1 unspecified atom stereocenters. The van der Waals surface area contributed by atoms with Crippen LogP contribution in [0.15, 0.2) is 18.2 Å². The fraction of sp³-hybridized carbons (Fsp3) is 0.741. The summed E-state index contributed by atoms with van der Waals surface area (Å²) in [7, 11) is -1.01. The molecule has 1 fully saturated rings. The third kappa shape index (κ3) is 12.1. The van der Waals surface area contributed by atoms with E-state index in [9.17, 15) is 9.90 Å². The first-order chi connectivity index (χ1) is 15.6. The normalized spacial score (nSPS) is 20.6. The smallest absolute Gasteiger partial charge is 0.488 e. The lowest BCUT2D eigenvalue weighted by Crippen LogP contribution is -2.23. The van der Waals surface area contributed by atoms with E-state index in [2.05, 4.69) is 20.8 Å². The number of carbonyl (C=O) groups is 1. The van der Waals surface area contributed by atoms with Gasteiger partial charge in [0.25, 0.3) is 0 Å². The van der Waals surface area contributed by atoms with Crippen molar-refractivity contribution in [1.29, 1.82) is 0 Å². The molecule has 0 saturated heterocycles. The third-order valence-electron chi connectivity index (χ3n) is 5.44. The number of carboxylic acid groups (broad SMARTS) is 1. The van der Waals surface area contributed by atoms with Crippen LogP contribution in [0.25, 0.3) is 0 Å². The van der Waals surface area contributed by atoms with Gasteiger partial charge in [-0.25, -0.2) is 4.79 Å². The average molecular weight is 487 g/mol. The van der Waals surface area contributed by atoms with Crippen LogP contribution >= 0.6 is 7.92 Å². The Bertz CT molecular complexity index is 632. The molecule has 0 aromatic heterocycles. The highest BCUT2D eigenvalue weighted by atomic mass is 31.1. The highest BCUT2D eigenvalue weighted by Crippen LogP contribution is 2.54. The van der Waals surface area contributed by atoms with Crippen molar-refractivity contribution in [3.63, 3.8) is 0 Å². The molecule has 2 aliphatic rings. The first-order valence-corrected chi connectivity index (χ1v) is 14.3. The van der Waals surface area contributed by atoms with Gasteiger partial charge in [0.15, 0.2) is 0 Å². The van der Waals surface area contributed by atoms with E-state index in [4.69, 9.17) is 14.6 Å². The van der Waals surface area contributed by atoms with E-state index in [0.717, 1.165) is 17.8 Å². The molecule has 0 amide bonds. The fourth-order valence-corrected chi connectivity index (χ4v) is 5.70. The van der Waals surface area contributed by atoms with Crippen LogP contribution in [0.1, 0.15) is 102 Å². The molecule has 6 heteroatoms. The Labute approximate surface area is 205 Å². The zero-order valence-corrected chi connectivity index (χ0v) is 24.0. The Morgan fingerprint density at radius 1 is 1.06 bits per heavy atom. The van der Waals surface area contributed by atoms with Crippen LogP contribution in [0.3, 0.4) is 0 Å². The zero-order chi connectivity index (χ0) is 26.2. The number of hydrogen-bond donors (Lipinski definition) is 2. The Morgan fingerprint density at radius 3 is 2.00 bits per heavy atom. The summed E-state index contributed by atoms with van der Waals surface area (Å²) in [5.74, 6) is 3.82. The van der Waals surface area contributed by atoms with Gasteiger partial charge in [-0.1, -0.05) is 81.2 Å². The maximum absolute atomic E-state index is 10.6. The predicted molar refractivity (Wildman–Crippen MR) is 143 cm³/mol. The summed E-state index contributed by atoms with van der Waals surface area (Å²) in [6.07, 6.45) is 4.94. The Hall–Kier alpha value is -1.32. The van der Waals surface area contributed by atoms with Gasteiger partial charge < -0.3 is 19.7 Å². The largest absolute Gasteiger partial charge is 0.511 e. The number of rotatable bonds is 3. The van der Waals surface area contributed by atoms with Gasteiger partial charge in [-0.05, 0) is 56.6 Å². The highest BCUT2D eigenvalue weighted by molar-refractivity contribution is 7.67. The summed E-state index contributed by atoms with van der Waals surface area (Å²) in [6.45, 7) is 22.5. The molecule has 1 aromatic rings. The molecular formula is C27H51O5P. The summed E-state index contributed by atoms with van der Waals surface area (Å²) in [5, 5.41) is 18.5. The minimum absolute atomic E-state index is 0.251. The summed E-state index contributed by atoms with van der Waals surface area (Å²) < 4.78 is 10.2. The molecule has 1 aromatic carbocycles. The second-order valence-corrected chi connectivity index (χ2v) is 11.1. The van der Waals surface area contributed by atoms with Crippen LogP contribution in [0.4, 0.5) is 4.79 Å². The summed E-state index contributed by atoms with van der Waals surface area (Å²) in [6, 6.07) is 4.99. The van der Waals surface area contributed by atoms with Crippen LogP contribution in [0.2, 0.25) is 0 Å². The minimum Gasteiger partial charge on any atom is -0.488 e. The van der Waals surface area contributed by atoms with Gasteiger partial charge in [0.1, 0.15) is 17.8 Å². The molecular weight excluding hydrogens is 435 g/mol. The first kappa shape index (κ1) is 33.9. The molecule has 5 nitrogen and oxygen atoms in total. The van der Waals surface area contributed by atoms with E-state index < -0.39 is 19.4 Å². The van der Waals surface area contributed by atoms with Crippen molar-refractivity contribution in [1.82, 2.24) is 0 Å². The van der Waals surface area contributed by atoms with E-state index in [-0.39, 0.29) is 5.75 Å². The number of ether oxygens (including phenoxy) is 2. The molecule has 0 spiro atoms. The minimum atomic E-state index is -1.36. The molecule has 1 aliphatic carbocycles. The third-order valence-corrected chi connectivity index (χ3v) is 8.13.